The van der Waals surface area contributed by atoms with Crippen LogP contribution >= 0.6 is 0 Å². The van der Waals surface area contributed by atoms with Gasteiger partial charge >= 0.3 is 0 Å². The number of aliphatic hydroxyl groups is 1. The molecule has 136 valence electrons. The van der Waals surface area contributed by atoms with Crippen LogP contribution in [0.1, 0.15) is 23.9 Å². The molecule has 0 bridgehead atoms. The van der Waals surface area contributed by atoms with E-state index in [1.54, 1.807) is 6.20 Å². The highest BCUT2D eigenvalue weighted by Gasteiger charge is 2.09. The first-order valence-corrected chi connectivity index (χ1v) is 8.70. The molecular weight excluding hydrogens is 342 g/mol. The van der Waals surface area contributed by atoms with Crippen molar-refractivity contribution >= 4 is 22.3 Å². The SMILES string of the molecule is C/C(=N\OCCO)c1ccc2ncc(Cc3ccc4ncccc4c3)n2n1. The standard InChI is InChI=1S/C20H19N5O2/c1-14(24-27-10-9-26)18-6-7-20-22-13-17(25(20)23-18)12-15-4-5-19-16(11-15)3-2-8-21-19/h2-8,11,13,26H,9-10,12H2,1H3/b24-14+. The van der Waals surface area contributed by atoms with Gasteiger partial charge in [-0.05, 0) is 42.8 Å². The van der Waals surface area contributed by atoms with E-state index in [1.165, 1.54) is 5.56 Å². The van der Waals surface area contributed by atoms with Crippen molar-refractivity contribution in [2.24, 2.45) is 5.16 Å². The molecule has 0 unspecified atom stereocenters. The number of benzene rings is 1. The third-order valence-electron chi connectivity index (χ3n) is 4.24. The second-order valence-electron chi connectivity index (χ2n) is 6.18. The molecule has 0 atom stereocenters. The zero-order valence-corrected chi connectivity index (χ0v) is 14.9. The third kappa shape index (κ3) is 3.63. The predicted molar refractivity (Wildman–Crippen MR) is 103 cm³/mol. The Labute approximate surface area is 155 Å². The van der Waals surface area contributed by atoms with E-state index in [1.807, 2.05) is 41.9 Å². The Bertz CT molecular complexity index is 1120. The van der Waals surface area contributed by atoms with Crippen LogP contribution in [0.2, 0.25) is 0 Å². The number of hydrogen-bond donors (Lipinski definition) is 1. The fourth-order valence-electron chi connectivity index (χ4n) is 2.91. The Morgan fingerprint density at radius 3 is 3.00 bits per heavy atom. The number of rotatable bonds is 6. The van der Waals surface area contributed by atoms with E-state index in [9.17, 15) is 0 Å². The molecule has 1 N–H and O–H groups in total. The topological polar surface area (TPSA) is 84.9 Å². The summed E-state index contributed by atoms with van der Waals surface area (Å²) in [5.74, 6) is 0. The summed E-state index contributed by atoms with van der Waals surface area (Å²) in [6, 6.07) is 14.0. The highest BCUT2D eigenvalue weighted by Crippen LogP contribution is 2.17. The fraction of sp³-hybridized carbons (Fsp3) is 0.200. The lowest BCUT2D eigenvalue weighted by Gasteiger charge is -2.05. The Morgan fingerprint density at radius 2 is 2.11 bits per heavy atom. The van der Waals surface area contributed by atoms with Crippen LogP contribution in [0.5, 0.6) is 0 Å². The third-order valence-corrected chi connectivity index (χ3v) is 4.24. The van der Waals surface area contributed by atoms with E-state index in [0.717, 1.165) is 22.2 Å². The first-order chi connectivity index (χ1) is 13.2. The molecule has 0 aliphatic carbocycles. The first kappa shape index (κ1) is 17.1. The summed E-state index contributed by atoms with van der Waals surface area (Å²) >= 11 is 0. The molecule has 0 fully saturated rings. The Kier molecular flexibility index (Phi) is 4.76. The molecule has 0 saturated carbocycles. The molecule has 27 heavy (non-hydrogen) atoms. The minimum absolute atomic E-state index is 0.0732. The van der Waals surface area contributed by atoms with Gasteiger partial charge in [-0.25, -0.2) is 9.50 Å². The zero-order chi connectivity index (χ0) is 18.6. The largest absolute Gasteiger partial charge is 0.393 e. The number of pyridine rings is 1. The van der Waals surface area contributed by atoms with Crippen molar-refractivity contribution in [3.63, 3.8) is 0 Å². The monoisotopic (exact) mass is 361 g/mol. The zero-order valence-electron chi connectivity index (χ0n) is 14.9. The molecule has 0 aliphatic heterocycles. The van der Waals surface area contributed by atoms with Crippen LogP contribution < -0.4 is 0 Å². The van der Waals surface area contributed by atoms with Gasteiger partial charge in [0, 0.05) is 18.0 Å². The maximum Gasteiger partial charge on any atom is 0.153 e. The lowest BCUT2D eigenvalue weighted by Crippen LogP contribution is -2.07. The van der Waals surface area contributed by atoms with Crippen LogP contribution in [0.3, 0.4) is 0 Å². The Hall–Kier alpha value is -3.32. The van der Waals surface area contributed by atoms with Gasteiger partial charge in [0.1, 0.15) is 18.0 Å². The Morgan fingerprint density at radius 1 is 1.19 bits per heavy atom. The lowest BCUT2D eigenvalue weighted by atomic mass is 10.1. The summed E-state index contributed by atoms with van der Waals surface area (Å²) in [7, 11) is 0. The second-order valence-corrected chi connectivity index (χ2v) is 6.18. The molecule has 0 radical (unpaired) electrons. The maximum atomic E-state index is 8.78. The number of nitrogens with zero attached hydrogens (tertiary/aromatic N) is 5. The highest BCUT2D eigenvalue weighted by molar-refractivity contribution is 5.96. The van der Waals surface area contributed by atoms with Crippen molar-refractivity contribution in [1.29, 1.82) is 0 Å². The van der Waals surface area contributed by atoms with Crippen molar-refractivity contribution in [3.05, 3.63) is 71.8 Å². The summed E-state index contributed by atoms with van der Waals surface area (Å²) in [5.41, 5.74) is 5.25. The average Bonchev–Trinajstić information content (AvgIpc) is 3.10. The van der Waals surface area contributed by atoms with Gasteiger partial charge in [-0.2, -0.15) is 5.10 Å². The van der Waals surface area contributed by atoms with E-state index in [0.29, 0.717) is 17.8 Å². The Balaban J connectivity index is 1.65. The van der Waals surface area contributed by atoms with Gasteiger partial charge in [-0.15, -0.1) is 0 Å². The number of fused-ring (bicyclic) bond motifs is 2. The molecular formula is C20H19N5O2. The highest BCUT2D eigenvalue weighted by atomic mass is 16.6. The van der Waals surface area contributed by atoms with Crippen molar-refractivity contribution in [2.75, 3.05) is 13.2 Å². The molecule has 0 spiro atoms. The smallest absolute Gasteiger partial charge is 0.153 e. The summed E-state index contributed by atoms with van der Waals surface area (Å²) < 4.78 is 1.83. The number of oxime groups is 1. The van der Waals surface area contributed by atoms with E-state index in [2.05, 4.69) is 38.4 Å². The summed E-state index contributed by atoms with van der Waals surface area (Å²) in [6.45, 7) is 1.90. The van der Waals surface area contributed by atoms with E-state index in [-0.39, 0.29) is 13.2 Å². The first-order valence-electron chi connectivity index (χ1n) is 8.70. The molecule has 0 aliphatic rings. The summed E-state index contributed by atoms with van der Waals surface area (Å²) in [6.07, 6.45) is 4.35. The maximum absolute atomic E-state index is 8.78. The van der Waals surface area contributed by atoms with Crippen LogP contribution in [0.15, 0.2) is 60.0 Å². The van der Waals surface area contributed by atoms with E-state index < -0.39 is 0 Å². The number of aliphatic hydroxyl groups excluding tert-OH is 1. The fourth-order valence-corrected chi connectivity index (χ4v) is 2.91. The molecule has 7 nitrogen and oxygen atoms in total. The normalized spacial score (nSPS) is 12.0. The van der Waals surface area contributed by atoms with Gasteiger partial charge < -0.3 is 9.94 Å². The minimum atomic E-state index is -0.0732. The lowest BCUT2D eigenvalue weighted by molar-refractivity contribution is 0.0986. The van der Waals surface area contributed by atoms with Crippen LogP contribution in [0.4, 0.5) is 0 Å². The molecule has 3 heterocycles. The van der Waals surface area contributed by atoms with Crippen LogP contribution in [-0.2, 0) is 11.3 Å². The van der Waals surface area contributed by atoms with Gasteiger partial charge in [0.15, 0.2) is 5.65 Å². The van der Waals surface area contributed by atoms with Gasteiger partial charge in [0.05, 0.1) is 24.0 Å². The number of imidazole rings is 1. The number of hydrogen-bond acceptors (Lipinski definition) is 6. The van der Waals surface area contributed by atoms with E-state index in [4.69, 9.17) is 9.94 Å². The van der Waals surface area contributed by atoms with Gasteiger partial charge in [0.25, 0.3) is 0 Å². The second kappa shape index (κ2) is 7.51. The molecule has 1 aromatic carbocycles. The van der Waals surface area contributed by atoms with Crippen molar-refractivity contribution in [1.82, 2.24) is 19.6 Å². The van der Waals surface area contributed by atoms with Gasteiger partial charge in [0.2, 0.25) is 0 Å². The molecule has 7 heteroatoms. The van der Waals surface area contributed by atoms with E-state index >= 15 is 0 Å². The van der Waals surface area contributed by atoms with Crippen molar-refractivity contribution in [3.8, 4) is 0 Å². The molecule has 0 amide bonds. The molecule has 3 aromatic heterocycles. The van der Waals surface area contributed by atoms with Crippen LogP contribution in [0.25, 0.3) is 16.6 Å². The van der Waals surface area contributed by atoms with Gasteiger partial charge in [-0.3, -0.25) is 4.98 Å². The predicted octanol–water partition coefficient (Wildman–Crippen LogP) is 2.60. The minimum Gasteiger partial charge on any atom is -0.393 e. The van der Waals surface area contributed by atoms with Gasteiger partial charge in [-0.1, -0.05) is 17.3 Å². The van der Waals surface area contributed by atoms with Crippen molar-refractivity contribution in [2.45, 2.75) is 13.3 Å². The van der Waals surface area contributed by atoms with Crippen LogP contribution in [-0.4, -0.2) is 43.6 Å². The summed E-state index contributed by atoms with van der Waals surface area (Å²) in [5, 5.41) is 18.5. The molecule has 4 aromatic rings. The van der Waals surface area contributed by atoms with Crippen molar-refractivity contribution < 1.29 is 9.94 Å². The molecule has 0 saturated heterocycles. The quantitative estimate of drug-likeness (QED) is 0.324. The average molecular weight is 361 g/mol. The number of aromatic nitrogens is 4. The molecule has 4 rings (SSSR count). The van der Waals surface area contributed by atoms with Crippen LogP contribution in [0, 0.1) is 0 Å². The summed E-state index contributed by atoms with van der Waals surface area (Å²) in [4.78, 5) is 13.8.